The van der Waals surface area contributed by atoms with Crippen LogP contribution in [0.5, 0.6) is 0 Å². The SMILES string of the molecule is NC1CCCC(Nc2ccccc2S(=O)(=O)C(F)F)C1. The fourth-order valence-electron chi connectivity index (χ4n) is 2.51. The molecule has 0 amide bonds. The fourth-order valence-corrected chi connectivity index (χ4v) is 3.40. The number of halogens is 2. The second kappa shape index (κ2) is 6.05. The summed E-state index contributed by atoms with van der Waals surface area (Å²) < 4.78 is 48.7. The van der Waals surface area contributed by atoms with E-state index in [1.54, 1.807) is 6.07 Å². The Morgan fingerprint density at radius 2 is 1.95 bits per heavy atom. The molecule has 1 aliphatic carbocycles. The molecular formula is C13H18F2N2O2S. The molecule has 0 aliphatic heterocycles. The third kappa shape index (κ3) is 3.27. The van der Waals surface area contributed by atoms with Gasteiger partial charge in [-0.25, -0.2) is 8.42 Å². The second-order valence-electron chi connectivity index (χ2n) is 5.07. The van der Waals surface area contributed by atoms with E-state index in [0.29, 0.717) is 6.42 Å². The first-order chi connectivity index (χ1) is 9.41. The van der Waals surface area contributed by atoms with E-state index < -0.39 is 15.6 Å². The van der Waals surface area contributed by atoms with E-state index in [-0.39, 0.29) is 22.7 Å². The smallest absolute Gasteiger partial charge is 0.341 e. The predicted octanol–water partition coefficient (Wildman–Crippen LogP) is 2.36. The second-order valence-corrected chi connectivity index (χ2v) is 6.96. The number of sulfone groups is 1. The van der Waals surface area contributed by atoms with Gasteiger partial charge in [0, 0.05) is 12.1 Å². The summed E-state index contributed by atoms with van der Waals surface area (Å²) in [7, 11) is -4.60. The molecule has 2 atom stereocenters. The zero-order valence-corrected chi connectivity index (χ0v) is 11.7. The van der Waals surface area contributed by atoms with Crippen LogP contribution in [-0.2, 0) is 9.84 Å². The van der Waals surface area contributed by atoms with Crippen molar-refractivity contribution in [1.82, 2.24) is 0 Å². The first kappa shape index (κ1) is 15.2. The molecule has 0 spiro atoms. The molecule has 3 N–H and O–H groups in total. The van der Waals surface area contributed by atoms with Crippen molar-refractivity contribution in [2.45, 2.75) is 48.4 Å². The Morgan fingerprint density at radius 3 is 2.60 bits per heavy atom. The molecule has 2 rings (SSSR count). The highest BCUT2D eigenvalue weighted by atomic mass is 32.2. The molecule has 112 valence electrons. The molecule has 0 aromatic heterocycles. The standard InChI is InChI=1S/C13H18F2N2O2S/c14-13(15)20(18,19)12-7-2-1-6-11(12)17-10-5-3-4-9(16)8-10/h1-2,6-7,9-10,13,17H,3-5,8,16H2. The predicted molar refractivity (Wildman–Crippen MR) is 73.5 cm³/mol. The van der Waals surface area contributed by atoms with Gasteiger partial charge in [-0.05, 0) is 37.8 Å². The minimum Gasteiger partial charge on any atom is -0.381 e. The van der Waals surface area contributed by atoms with Crippen molar-refractivity contribution in [2.24, 2.45) is 5.73 Å². The van der Waals surface area contributed by atoms with Crippen molar-refractivity contribution in [2.75, 3.05) is 5.32 Å². The zero-order valence-electron chi connectivity index (χ0n) is 10.9. The monoisotopic (exact) mass is 304 g/mol. The Labute approximate surface area is 117 Å². The maximum atomic E-state index is 12.7. The van der Waals surface area contributed by atoms with Crippen molar-refractivity contribution in [3.05, 3.63) is 24.3 Å². The number of benzene rings is 1. The lowest BCUT2D eigenvalue weighted by molar-refractivity contribution is 0.235. The number of hydrogen-bond acceptors (Lipinski definition) is 4. The van der Waals surface area contributed by atoms with Gasteiger partial charge in [-0.3, -0.25) is 0 Å². The fraction of sp³-hybridized carbons (Fsp3) is 0.538. The lowest BCUT2D eigenvalue weighted by Gasteiger charge is -2.28. The van der Waals surface area contributed by atoms with Crippen LogP contribution in [0.1, 0.15) is 25.7 Å². The van der Waals surface area contributed by atoms with E-state index in [2.05, 4.69) is 5.32 Å². The minimum absolute atomic E-state index is 0.0211. The number of hydrogen-bond donors (Lipinski definition) is 2. The Bertz CT molecular complexity index is 563. The summed E-state index contributed by atoms with van der Waals surface area (Å²) in [5, 5.41) is 3.05. The van der Waals surface area contributed by atoms with Gasteiger partial charge in [0.1, 0.15) is 0 Å². The first-order valence-corrected chi connectivity index (χ1v) is 8.09. The number of rotatable bonds is 4. The largest absolute Gasteiger partial charge is 0.381 e. The van der Waals surface area contributed by atoms with E-state index in [1.807, 2.05) is 0 Å². The molecule has 1 fully saturated rings. The number of nitrogens with two attached hydrogens (primary N) is 1. The Kier molecular flexibility index (Phi) is 4.59. The van der Waals surface area contributed by atoms with Crippen molar-refractivity contribution in [3.63, 3.8) is 0 Å². The summed E-state index contributed by atoms with van der Waals surface area (Å²) in [6, 6.07) is 5.86. The number of para-hydroxylation sites is 1. The van der Waals surface area contributed by atoms with Gasteiger partial charge in [-0.2, -0.15) is 8.78 Å². The number of alkyl halides is 2. The summed E-state index contributed by atoms with van der Waals surface area (Å²) in [6.45, 7) is 0. The van der Waals surface area contributed by atoms with Crippen LogP contribution in [0, 0.1) is 0 Å². The van der Waals surface area contributed by atoms with Crippen LogP contribution in [0.4, 0.5) is 14.5 Å². The van der Waals surface area contributed by atoms with Crippen LogP contribution in [0.15, 0.2) is 29.2 Å². The highest BCUT2D eigenvalue weighted by Gasteiger charge is 2.30. The highest BCUT2D eigenvalue weighted by molar-refractivity contribution is 7.91. The Hall–Kier alpha value is -1.21. The van der Waals surface area contributed by atoms with Crippen molar-refractivity contribution < 1.29 is 17.2 Å². The van der Waals surface area contributed by atoms with Gasteiger partial charge in [0.05, 0.1) is 10.6 Å². The average molecular weight is 304 g/mol. The van der Waals surface area contributed by atoms with E-state index in [1.165, 1.54) is 18.2 Å². The molecule has 1 aliphatic rings. The lowest BCUT2D eigenvalue weighted by Crippen LogP contribution is -2.35. The highest BCUT2D eigenvalue weighted by Crippen LogP contribution is 2.29. The zero-order chi connectivity index (χ0) is 14.8. The Morgan fingerprint density at radius 1 is 1.25 bits per heavy atom. The third-order valence-corrected chi connectivity index (χ3v) is 4.94. The van der Waals surface area contributed by atoms with Gasteiger partial charge in [0.2, 0.25) is 9.84 Å². The van der Waals surface area contributed by atoms with Crippen LogP contribution in [0.25, 0.3) is 0 Å². The van der Waals surface area contributed by atoms with E-state index in [0.717, 1.165) is 19.3 Å². The molecule has 1 aromatic rings. The Balaban J connectivity index is 2.25. The van der Waals surface area contributed by atoms with E-state index in [9.17, 15) is 17.2 Å². The van der Waals surface area contributed by atoms with Gasteiger partial charge < -0.3 is 11.1 Å². The molecule has 2 unspecified atom stereocenters. The molecular weight excluding hydrogens is 286 g/mol. The minimum atomic E-state index is -4.60. The summed E-state index contributed by atoms with van der Waals surface area (Å²) in [4.78, 5) is -0.353. The van der Waals surface area contributed by atoms with E-state index >= 15 is 0 Å². The van der Waals surface area contributed by atoms with Gasteiger partial charge >= 0.3 is 5.76 Å². The quantitative estimate of drug-likeness (QED) is 0.895. The molecule has 0 bridgehead atoms. The van der Waals surface area contributed by atoms with Gasteiger partial charge in [0.15, 0.2) is 0 Å². The third-order valence-electron chi connectivity index (χ3n) is 3.50. The number of nitrogens with one attached hydrogen (secondary N) is 1. The summed E-state index contributed by atoms with van der Waals surface area (Å²) >= 11 is 0. The normalized spacial score (nSPS) is 23.8. The molecule has 0 radical (unpaired) electrons. The van der Waals surface area contributed by atoms with Crippen LogP contribution >= 0.6 is 0 Å². The van der Waals surface area contributed by atoms with Crippen LogP contribution in [0.3, 0.4) is 0 Å². The van der Waals surface area contributed by atoms with Crippen molar-refractivity contribution in [1.29, 1.82) is 0 Å². The maximum absolute atomic E-state index is 12.7. The molecule has 7 heteroatoms. The molecule has 0 saturated heterocycles. The molecule has 0 heterocycles. The molecule has 4 nitrogen and oxygen atoms in total. The molecule has 20 heavy (non-hydrogen) atoms. The molecule has 1 saturated carbocycles. The van der Waals surface area contributed by atoms with Crippen LogP contribution in [0.2, 0.25) is 0 Å². The summed E-state index contributed by atoms with van der Waals surface area (Å²) in [5.41, 5.74) is 6.10. The van der Waals surface area contributed by atoms with Crippen molar-refractivity contribution >= 4 is 15.5 Å². The summed E-state index contributed by atoms with van der Waals surface area (Å²) in [5.74, 6) is -3.42. The van der Waals surface area contributed by atoms with Gasteiger partial charge in [0.25, 0.3) is 0 Å². The van der Waals surface area contributed by atoms with Crippen LogP contribution < -0.4 is 11.1 Å². The van der Waals surface area contributed by atoms with Crippen LogP contribution in [-0.4, -0.2) is 26.3 Å². The van der Waals surface area contributed by atoms with E-state index in [4.69, 9.17) is 5.73 Å². The van der Waals surface area contributed by atoms with Gasteiger partial charge in [-0.1, -0.05) is 12.1 Å². The maximum Gasteiger partial charge on any atom is 0.341 e. The van der Waals surface area contributed by atoms with Gasteiger partial charge in [-0.15, -0.1) is 0 Å². The average Bonchev–Trinajstić information content (AvgIpc) is 2.39. The topological polar surface area (TPSA) is 72.2 Å². The molecule has 1 aromatic carbocycles. The summed E-state index contributed by atoms with van der Waals surface area (Å²) in [6.07, 6.45) is 3.46. The first-order valence-electron chi connectivity index (χ1n) is 6.54. The lowest BCUT2D eigenvalue weighted by atomic mass is 9.91. The number of anilines is 1. The van der Waals surface area contributed by atoms with Crippen molar-refractivity contribution in [3.8, 4) is 0 Å².